The standard InChI is InChI=1S/C12H30N6O2/c19-7-5-17-4-3-13-9-16-12-18(6-8-20)11-15-2-1-14-10-17/h13-16,19-20H,1-12H2. The Balaban J connectivity index is 2.29. The van der Waals surface area contributed by atoms with Crippen LogP contribution in [0.5, 0.6) is 0 Å². The molecule has 0 amide bonds. The summed E-state index contributed by atoms with van der Waals surface area (Å²) in [6.07, 6.45) is 0. The molecular weight excluding hydrogens is 260 g/mol. The predicted molar refractivity (Wildman–Crippen MR) is 79.1 cm³/mol. The first kappa shape index (κ1) is 17.7. The molecule has 0 unspecified atom stereocenters. The SMILES string of the molecule is OCCN1CCNCNCN(CCO)CNCCNC1. The summed E-state index contributed by atoms with van der Waals surface area (Å²) in [4.78, 5) is 4.32. The smallest absolute Gasteiger partial charge is 0.0559 e. The number of aliphatic hydroxyl groups excluding tert-OH is 2. The molecule has 1 saturated heterocycles. The Morgan fingerprint density at radius 3 is 2.00 bits per heavy atom. The molecule has 1 fully saturated rings. The Morgan fingerprint density at radius 1 is 0.700 bits per heavy atom. The summed E-state index contributed by atoms with van der Waals surface area (Å²) in [5.74, 6) is 0. The summed E-state index contributed by atoms with van der Waals surface area (Å²) >= 11 is 0. The summed E-state index contributed by atoms with van der Waals surface area (Å²) < 4.78 is 0. The molecule has 0 saturated carbocycles. The first-order valence-corrected chi connectivity index (χ1v) is 7.36. The zero-order valence-corrected chi connectivity index (χ0v) is 12.3. The number of hydrogen-bond acceptors (Lipinski definition) is 8. The maximum atomic E-state index is 9.03. The first-order chi connectivity index (χ1) is 9.86. The Bertz CT molecular complexity index is 184. The number of rotatable bonds is 4. The minimum atomic E-state index is 0.172. The van der Waals surface area contributed by atoms with Crippen molar-refractivity contribution < 1.29 is 10.2 Å². The van der Waals surface area contributed by atoms with E-state index < -0.39 is 0 Å². The zero-order valence-electron chi connectivity index (χ0n) is 12.3. The van der Waals surface area contributed by atoms with Crippen LogP contribution in [-0.2, 0) is 0 Å². The van der Waals surface area contributed by atoms with E-state index in [0.29, 0.717) is 13.1 Å². The van der Waals surface area contributed by atoms with E-state index in [9.17, 15) is 0 Å². The lowest BCUT2D eigenvalue weighted by molar-refractivity contribution is 0.167. The molecule has 0 spiro atoms. The third-order valence-corrected chi connectivity index (χ3v) is 3.17. The van der Waals surface area contributed by atoms with Crippen molar-refractivity contribution in [2.24, 2.45) is 0 Å². The Kier molecular flexibility index (Phi) is 11.0. The number of aliphatic hydroxyl groups is 2. The molecule has 120 valence electrons. The summed E-state index contributed by atoms with van der Waals surface area (Å²) in [5, 5.41) is 31.4. The lowest BCUT2D eigenvalue weighted by atomic mass is 10.5. The van der Waals surface area contributed by atoms with Crippen molar-refractivity contribution in [2.75, 3.05) is 79.2 Å². The molecular formula is C12H30N6O2. The number of nitrogens with zero attached hydrogens (tertiary/aromatic N) is 2. The van der Waals surface area contributed by atoms with Crippen LogP contribution >= 0.6 is 0 Å². The van der Waals surface area contributed by atoms with Gasteiger partial charge in [0.15, 0.2) is 0 Å². The molecule has 0 aromatic heterocycles. The van der Waals surface area contributed by atoms with Gasteiger partial charge >= 0.3 is 0 Å². The van der Waals surface area contributed by atoms with E-state index in [-0.39, 0.29) is 13.2 Å². The third kappa shape index (κ3) is 8.77. The van der Waals surface area contributed by atoms with Gasteiger partial charge in [-0.15, -0.1) is 0 Å². The van der Waals surface area contributed by atoms with Gasteiger partial charge in [0.25, 0.3) is 0 Å². The molecule has 0 aromatic carbocycles. The van der Waals surface area contributed by atoms with Gasteiger partial charge in [-0.05, 0) is 0 Å². The molecule has 20 heavy (non-hydrogen) atoms. The van der Waals surface area contributed by atoms with Crippen LogP contribution in [0.4, 0.5) is 0 Å². The second kappa shape index (κ2) is 12.4. The first-order valence-electron chi connectivity index (χ1n) is 7.36. The highest BCUT2D eigenvalue weighted by atomic mass is 16.3. The summed E-state index contributed by atoms with van der Waals surface area (Å²) in [6.45, 7) is 8.31. The van der Waals surface area contributed by atoms with Crippen molar-refractivity contribution in [1.82, 2.24) is 31.1 Å². The monoisotopic (exact) mass is 290 g/mol. The molecule has 8 nitrogen and oxygen atoms in total. The molecule has 0 aliphatic carbocycles. The van der Waals surface area contributed by atoms with Gasteiger partial charge in [0.1, 0.15) is 0 Å². The van der Waals surface area contributed by atoms with E-state index in [0.717, 1.165) is 52.9 Å². The Morgan fingerprint density at radius 2 is 1.30 bits per heavy atom. The Labute approximate surface area is 121 Å². The van der Waals surface area contributed by atoms with Gasteiger partial charge in [0, 0.05) is 59.3 Å². The quantitative estimate of drug-likeness (QED) is 0.322. The largest absolute Gasteiger partial charge is 0.395 e. The highest BCUT2D eigenvalue weighted by Gasteiger charge is 2.05. The van der Waals surface area contributed by atoms with Gasteiger partial charge in [0.05, 0.1) is 19.9 Å². The fourth-order valence-electron chi connectivity index (χ4n) is 2.05. The van der Waals surface area contributed by atoms with Crippen molar-refractivity contribution in [1.29, 1.82) is 0 Å². The van der Waals surface area contributed by atoms with Crippen LogP contribution in [0.25, 0.3) is 0 Å². The van der Waals surface area contributed by atoms with Gasteiger partial charge in [-0.3, -0.25) is 15.1 Å². The van der Waals surface area contributed by atoms with E-state index in [1.807, 2.05) is 0 Å². The fourth-order valence-corrected chi connectivity index (χ4v) is 2.05. The molecule has 1 heterocycles. The molecule has 1 rings (SSSR count). The normalized spacial score (nSPS) is 22.5. The second-order valence-corrected chi connectivity index (χ2v) is 4.86. The highest BCUT2D eigenvalue weighted by Crippen LogP contribution is 1.85. The highest BCUT2D eigenvalue weighted by molar-refractivity contribution is 4.62. The topological polar surface area (TPSA) is 95.1 Å². The van der Waals surface area contributed by atoms with Gasteiger partial charge in [-0.25, -0.2) is 0 Å². The van der Waals surface area contributed by atoms with E-state index in [4.69, 9.17) is 10.2 Å². The second-order valence-electron chi connectivity index (χ2n) is 4.86. The van der Waals surface area contributed by atoms with Crippen molar-refractivity contribution in [3.8, 4) is 0 Å². The number of β-amino-alcohol motifs (C(OH)–C–C–N with tert-alkyl or cyclic N) is 2. The predicted octanol–water partition coefficient (Wildman–Crippen LogP) is -3.22. The van der Waals surface area contributed by atoms with Crippen molar-refractivity contribution >= 4 is 0 Å². The summed E-state index contributed by atoms with van der Waals surface area (Å²) in [5.41, 5.74) is 0. The minimum Gasteiger partial charge on any atom is -0.395 e. The van der Waals surface area contributed by atoms with Crippen LogP contribution in [0.1, 0.15) is 0 Å². The lowest BCUT2D eigenvalue weighted by Crippen LogP contribution is -2.48. The maximum absolute atomic E-state index is 9.03. The van der Waals surface area contributed by atoms with Gasteiger partial charge in [0.2, 0.25) is 0 Å². The average Bonchev–Trinajstić information content (AvgIpc) is 2.45. The van der Waals surface area contributed by atoms with Crippen molar-refractivity contribution in [3.63, 3.8) is 0 Å². The number of nitrogens with one attached hydrogen (secondary N) is 4. The molecule has 1 aliphatic heterocycles. The zero-order chi connectivity index (χ0) is 14.5. The van der Waals surface area contributed by atoms with Crippen molar-refractivity contribution in [2.45, 2.75) is 0 Å². The molecule has 0 atom stereocenters. The van der Waals surface area contributed by atoms with E-state index in [1.165, 1.54) is 0 Å². The summed E-state index contributed by atoms with van der Waals surface area (Å²) in [6, 6.07) is 0. The van der Waals surface area contributed by atoms with Crippen LogP contribution in [-0.4, -0.2) is 99.2 Å². The van der Waals surface area contributed by atoms with Crippen molar-refractivity contribution in [3.05, 3.63) is 0 Å². The van der Waals surface area contributed by atoms with E-state index in [2.05, 4.69) is 31.1 Å². The molecule has 0 aromatic rings. The van der Waals surface area contributed by atoms with Crippen LogP contribution in [0, 0.1) is 0 Å². The maximum Gasteiger partial charge on any atom is 0.0559 e. The third-order valence-electron chi connectivity index (χ3n) is 3.17. The van der Waals surface area contributed by atoms with Gasteiger partial charge < -0.3 is 26.2 Å². The molecule has 0 bridgehead atoms. The molecule has 0 radical (unpaired) electrons. The molecule has 1 aliphatic rings. The van der Waals surface area contributed by atoms with Crippen LogP contribution in [0.2, 0.25) is 0 Å². The average molecular weight is 290 g/mol. The molecule has 6 N–H and O–H groups in total. The lowest BCUT2D eigenvalue weighted by Gasteiger charge is -2.25. The summed E-state index contributed by atoms with van der Waals surface area (Å²) in [7, 11) is 0. The molecule has 8 heteroatoms. The van der Waals surface area contributed by atoms with E-state index in [1.54, 1.807) is 0 Å². The Hall–Kier alpha value is -0.320. The minimum absolute atomic E-state index is 0.172. The van der Waals surface area contributed by atoms with Crippen LogP contribution < -0.4 is 21.3 Å². The van der Waals surface area contributed by atoms with Gasteiger partial charge in [-0.1, -0.05) is 0 Å². The van der Waals surface area contributed by atoms with Crippen LogP contribution in [0.15, 0.2) is 0 Å². The van der Waals surface area contributed by atoms with Crippen LogP contribution in [0.3, 0.4) is 0 Å². The van der Waals surface area contributed by atoms with Gasteiger partial charge in [-0.2, -0.15) is 0 Å². The fraction of sp³-hybridized carbons (Fsp3) is 1.00. The number of hydrogen-bond donors (Lipinski definition) is 6. The van der Waals surface area contributed by atoms with E-state index >= 15 is 0 Å².